The number of nitrogens with zero attached hydrogens (tertiary/aromatic N) is 3. The molecule has 0 unspecified atom stereocenters. The quantitative estimate of drug-likeness (QED) is 0.183. The van der Waals surface area contributed by atoms with Crippen LogP contribution in [-0.4, -0.2) is 65.9 Å². The molecule has 0 spiro atoms. The van der Waals surface area contributed by atoms with Crippen LogP contribution in [0.25, 0.3) is 0 Å². The van der Waals surface area contributed by atoms with Gasteiger partial charge < -0.3 is 26.0 Å². The summed E-state index contributed by atoms with van der Waals surface area (Å²) in [4.78, 5) is 36.6. The molecule has 0 aliphatic heterocycles. The van der Waals surface area contributed by atoms with Gasteiger partial charge in [0.05, 0.1) is 11.3 Å². The lowest BCUT2D eigenvalue weighted by Gasteiger charge is -2.20. The first-order chi connectivity index (χ1) is 21.4. The fourth-order valence-corrected chi connectivity index (χ4v) is 5.04. The highest BCUT2D eigenvalue weighted by atomic mass is 35.5. The Morgan fingerprint density at radius 2 is 1.59 bits per heavy atom. The van der Waals surface area contributed by atoms with E-state index >= 15 is 0 Å². The Bertz CT molecular complexity index is 1660. The van der Waals surface area contributed by atoms with Crippen molar-refractivity contribution in [1.82, 2.24) is 30.3 Å². The average molecular weight is 685 g/mol. The summed E-state index contributed by atoms with van der Waals surface area (Å²) >= 11 is 6.00. The molecule has 3 aromatic rings. The first kappa shape index (κ1) is 34.5. The summed E-state index contributed by atoms with van der Waals surface area (Å²) in [7, 11) is -4.08. The van der Waals surface area contributed by atoms with Gasteiger partial charge in [-0.2, -0.15) is 28.1 Å². The van der Waals surface area contributed by atoms with Gasteiger partial charge in [0, 0.05) is 28.4 Å². The number of hydrogen-bond acceptors (Lipinski definition) is 10. The third-order valence-electron chi connectivity index (χ3n) is 6.27. The number of halogens is 4. The number of carbonyl (C=O) groups is 2. The van der Waals surface area contributed by atoms with Crippen LogP contribution < -0.4 is 30.7 Å². The van der Waals surface area contributed by atoms with E-state index in [0.717, 1.165) is 5.56 Å². The molecule has 1 heterocycles. The van der Waals surface area contributed by atoms with Crippen LogP contribution in [0.3, 0.4) is 0 Å². The Hall–Kier alpha value is -4.38. The van der Waals surface area contributed by atoms with Crippen molar-refractivity contribution < 1.29 is 35.9 Å². The fourth-order valence-electron chi connectivity index (χ4n) is 4.04. The molecule has 5 N–H and O–H groups in total. The summed E-state index contributed by atoms with van der Waals surface area (Å²) in [6.45, 7) is 3.44. The first-order valence-corrected chi connectivity index (χ1v) is 15.9. The van der Waals surface area contributed by atoms with Crippen LogP contribution in [-0.2, 0) is 15.6 Å². The van der Waals surface area contributed by atoms with Gasteiger partial charge >= 0.3 is 18.2 Å². The van der Waals surface area contributed by atoms with Crippen LogP contribution >= 0.6 is 11.6 Å². The summed E-state index contributed by atoms with van der Waals surface area (Å²) in [6, 6.07) is 11.5. The van der Waals surface area contributed by atoms with Gasteiger partial charge in [-0.15, -0.1) is 0 Å². The predicted octanol–water partition coefficient (Wildman–Crippen LogP) is 4.47. The standard InChI is InChI=1S/C28H32ClF3N8O5S/c1-26(2,3)39-24(42)33-14-15-46(43,44)40-21(41)17-4-10-20(11-5-17)34-22-35-23(37-25(36-22)45-16-28(30,31)32)38-27(12-13-27)18-6-8-19(29)9-7-18/h4-11H,12-16H2,1-3H3,(H,40,41)(H2,33,39,42)(H2,34,35,36,37,38). The van der Waals surface area contributed by atoms with Gasteiger partial charge in [-0.1, -0.05) is 23.7 Å². The normalized spacial score (nSPS) is 14.2. The third-order valence-corrected chi connectivity index (χ3v) is 7.76. The van der Waals surface area contributed by atoms with Crippen LogP contribution in [0.5, 0.6) is 6.01 Å². The number of amides is 3. The Balaban J connectivity index is 1.42. The lowest BCUT2D eigenvalue weighted by molar-refractivity contribution is -0.154. The minimum Gasteiger partial charge on any atom is -0.454 e. The molecule has 1 fully saturated rings. The van der Waals surface area contributed by atoms with Crippen LogP contribution in [0, 0.1) is 0 Å². The summed E-state index contributed by atoms with van der Waals surface area (Å²) in [6.07, 6.45) is -3.20. The minimum atomic E-state index is -4.63. The molecule has 1 aliphatic carbocycles. The van der Waals surface area contributed by atoms with E-state index in [-0.39, 0.29) is 24.0 Å². The van der Waals surface area contributed by atoms with Crippen molar-refractivity contribution in [3.63, 3.8) is 0 Å². The zero-order valence-electron chi connectivity index (χ0n) is 25.0. The molecular formula is C28H32ClF3N8O5S. The number of carbonyl (C=O) groups excluding carboxylic acids is 2. The van der Waals surface area contributed by atoms with E-state index in [1.807, 2.05) is 16.9 Å². The smallest absolute Gasteiger partial charge is 0.422 e. The lowest BCUT2D eigenvalue weighted by atomic mass is 10.1. The van der Waals surface area contributed by atoms with E-state index in [9.17, 15) is 31.2 Å². The topological polar surface area (TPSA) is 176 Å². The van der Waals surface area contributed by atoms with Crippen LogP contribution in [0.2, 0.25) is 5.02 Å². The number of anilines is 3. The molecular weight excluding hydrogens is 653 g/mol. The van der Waals surface area contributed by atoms with Crippen molar-refractivity contribution in [3.05, 3.63) is 64.7 Å². The molecule has 2 aromatic carbocycles. The van der Waals surface area contributed by atoms with Crippen LogP contribution in [0.4, 0.5) is 35.5 Å². The molecule has 248 valence electrons. The molecule has 0 saturated heterocycles. The number of alkyl halides is 3. The van der Waals surface area contributed by atoms with Crippen molar-refractivity contribution in [2.45, 2.75) is 50.9 Å². The number of urea groups is 1. The van der Waals surface area contributed by atoms with Gasteiger partial charge in [0.25, 0.3) is 5.91 Å². The van der Waals surface area contributed by atoms with E-state index in [1.165, 1.54) is 24.3 Å². The highest BCUT2D eigenvalue weighted by molar-refractivity contribution is 7.90. The van der Waals surface area contributed by atoms with Crippen molar-refractivity contribution in [2.75, 3.05) is 29.5 Å². The molecule has 1 saturated carbocycles. The van der Waals surface area contributed by atoms with Gasteiger partial charge in [-0.25, -0.2) is 17.9 Å². The highest BCUT2D eigenvalue weighted by Gasteiger charge is 2.45. The number of ether oxygens (including phenoxy) is 1. The largest absolute Gasteiger partial charge is 0.454 e. The molecule has 0 radical (unpaired) electrons. The van der Waals surface area contributed by atoms with E-state index < -0.39 is 57.6 Å². The summed E-state index contributed by atoms with van der Waals surface area (Å²) in [5.74, 6) is -1.63. The molecule has 0 atom stereocenters. The molecule has 0 bridgehead atoms. The van der Waals surface area contributed by atoms with Crippen molar-refractivity contribution in [1.29, 1.82) is 0 Å². The van der Waals surface area contributed by atoms with Gasteiger partial charge in [-0.05, 0) is 75.6 Å². The summed E-state index contributed by atoms with van der Waals surface area (Å²) in [5, 5.41) is 11.6. The maximum Gasteiger partial charge on any atom is 0.422 e. The van der Waals surface area contributed by atoms with E-state index in [1.54, 1.807) is 32.9 Å². The highest BCUT2D eigenvalue weighted by Crippen LogP contribution is 2.48. The van der Waals surface area contributed by atoms with Gasteiger partial charge in [0.15, 0.2) is 6.61 Å². The molecule has 1 aliphatic rings. The minimum absolute atomic E-state index is 0.00148. The van der Waals surface area contributed by atoms with Gasteiger partial charge in [0.1, 0.15) is 0 Å². The lowest BCUT2D eigenvalue weighted by Crippen LogP contribution is -2.48. The zero-order chi connectivity index (χ0) is 33.8. The van der Waals surface area contributed by atoms with Crippen LogP contribution in [0.1, 0.15) is 49.5 Å². The van der Waals surface area contributed by atoms with E-state index in [4.69, 9.17) is 16.3 Å². The molecule has 3 amide bonds. The van der Waals surface area contributed by atoms with Crippen molar-refractivity contribution >= 4 is 51.1 Å². The van der Waals surface area contributed by atoms with Crippen molar-refractivity contribution in [2.24, 2.45) is 0 Å². The maximum absolute atomic E-state index is 12.8. The number of aromatic nitrogens is 3. The second-order valence-corrected chi connectivity index (χ2v) is 13.7. The van der Waals surface area contributed by atoms with E-state index in [0.29, 0.717) is 23.6 Å². The van der Waals surface area contributed by atoms with Gasteiger partial charge in [0.2, 0.25) is 21.9 Å². The molecule has 18 heteroatoms. The predicted molar refractivity (Wildman–Crippen MR) is 165 cm³/mol. The fraction of sp³-hybridized carbons (Fsp3) is 0.393. The Kier molecular flexibility index (Phi) is 10.2. The second kappa shape index (κ2) is 13.5. The van der Waals surface area contributed by atoms with Crippen molar-refractivity contribution in [3.8, 4) is 6.01 Å². The number of nitrogens with one attached hydrogen (secondary N) is 5. The van der Waals surface area contributed by atoms with E-state index in [2.05, 4.69) is 36.2 Å². The Labute approximate surface area is 268 Å². The summed E-state index contributed by atoms with van der Waals surface area (Å²) < 4.78 is 70.0. The first-order valence-electron chi connectivity index (χ1n) is 13.9. The molecule has 46 heavy (non-hydrogen) atoms. The summed E-state index contributed by atoms with van der Waals surface area (Å²) in [5.41, 5.74) is 0.156. The second-order valence-electron chi connectivity index (χ2n) is 11.5. The molecule has 1 aromatic heterocycles. The van der Waals surface area contributed by atoms with Crippen LogP contribution in [0.15, 0.2) is 48.5 Å². The zero-order valence-corrected chi connectivity index (χ0v) is 26.5. The molecule has 13 nitrogen and oxygen atoms in total. The third kappa shape index (κ3) is 10.6. The average Bonchev–Trinajstić information content (AvgIpc) is 3.71. The Morgan fingerprint density at radius 1 is 0.957 bits per heavy atom. The monoisotopic (exact) mass is 684 g/mol. The maximum atomic E-state index is 12.8. The number of benzene rings is 2. The Morgan fingerprint density at radius 3 is 2.17 bits per heavy atom. The number of sulfonamides is 1. The number of rotatable bonds is 12. The number of hydrogen-bond donors (Lipinski definition) is 5. The van der Waals surface area contributed by atoms with Gasteiger partial charge in [-0.3, -0.25) is 4.79 Å². The SMILES string of the molecule is CC(C)(C)NC(=O)NCCS(=O)(=O)NC(=O)c1ccc(Nc2nc(NC3(c4ccc(Cl)cc4)CC3)nc(OCC(F)(F)F)n2)cc1. The molecule has 4 rings (SSSR count).